The Hall–Kier alpha value is -1.12. The van der Waals surface area contributed by atoms with Gasteiger partial charge in [0, 0.05) is 18.8 Å². The first-order valence-electron chi connectivity index (χ1n) is 15.9. The molecular weight excluding hydrogens is 368 g/mol. The normalized spacial score (nSPS) is 45.5. The second-order valence-electron chi connectivity index (χ2n) is 9.91. The molecule has 2 nitrogen and oxygen atoms in total. The Morgan fingerprint density at radius 3 is 2.70 bits per heavy atom. The summed E-state index contributed by atoms with van der Waals surface area (Å²) in [5.41, 5.74) is 2.84. The molecule has 0 radical (unpaired) electrons. The van der Waals surface area contributed by atoms with Crippen LogP contribution in [0.3, 0.4) is 0 Å². The first-order chi connectivity index (χ1) is 17.8. The van der Waals surface area contributed by atoms with Gasteiger partial charge < -0.3 is 10.2 Å². The highest BCUT2D eigenvalue weighted by Crippen LogP contribution is 2.59. The van der Waals surface area contributed by atoms with Gasteiger partial charge in [-0.15, -0.1) is 0 Å². The minimum atomic E-state index is -2.93. The van der Waals surface area contributed by atoms with Crippen LogP contribution in [-0.4, -0.2) is 22.4 Å². The highest BCUT2D eigenvalue weighted by atomic mass is 16.3. The molecule has 30 heavy (non-hydrogen) atoms. The van der Waals surface area contributed by atoms with E-state index in [1.54, 1.807) is 6.08 Å². The van der Waals surface area contributed by atoms with Crippen molar-refractivity contribution in [3.05, 3.63) is 47.6 Å². The lowest BCUT2D eigenvalue weighted by atomic mass is 9.61. The summed E-state index contributed by atoms with van der Waals surface area (Å²) in [6.45, 7) is -0.328. The lowest BCUT2D eigenvalue weighted by Crippen LogP contribution is -2.35. The van der Waals surface area contributed by atoms with Crippen molar-refractivity contribution in [2.24, 2.45) is 35.0 Å². The molecule has 0 heterocycles. The Morgan fingerprint density at radius 2 is 1.97 bits per heavy atom. The smallest absolute Gasteiger partial charge is 0.0811 e. The Labute approximate surface area is 197 Å². The van der Waals surface area contributed by atoms with Gasteiger partial charge in [0.05, 0.1) is 12.2 Å². The summed E-state index contributed by atoms with van der Waals surface area (Å²) in [6, 6.07) is 0. The fraction of sp³-hybridized carbons (Fsp3) is 0.714. The number of aliphatic hydroxyl groups is 2. The van der Waals surface area contributed by atoms with Gasteiger partial charge in [0.1, 0.15) is 0 Å². The van der Waals surface area contributed by atoms with Crippen LogP contribution in [0.4, 0.5) is 0 Å². The summed E-state index contributed by atoms with van der Waals surface area (Å²) < 4.78 is 70.5. The van der Waals surface area contributed by atoms with Crippen LogP contribution in [-0.2, 0) is 0 Å². The number of allylic oxidation sites excluding steroid dienone is 5. The molecule has 0 aliphatic heterocycles. The van der Waals surface area contributed by atoms with Crippen molar-refractivity contribution in [3.8, 4) is 0 Å². The molecule has 2 N–H and O–H groups in total. The van der Waals surface area contributed by atoms with E-state index >= 15 is 0 Å². The zero-order valence-corrected chi connectivity index (χ0v) is 18.4. The largest absolute Gasteiger partial charge is 0.393 e. The van der Waals surface area contributed by atoms with Gasteiger partial charge in [-0.05, 0) is 84.7 Å². The maximum atomic E-state index is 10.2. The number of aliphatic hydroxyl groups excluding tert-OH is 2. The summed E-state index contributed by atoms with van der Waals surface area (Å²) in [5, 5.41) is 20.3. The van der Waals surface area contributed by atoms with Crippen LogP contribution in [0.2, 0.25) is 0 Å². The number of rotatable bonds is 5. The average Bonchev–Trinajstić information content (AvgIpc) is 3.12. The van der Waals surface area contributed by atoms with Gasteiger partial charge >= 0.3 is 0 Å². The first kappa shape index (κ1) is 14.1. The molecule has 7 atom stereocenters. The summed E-state index contributed by atoms with van der Waals surface area (Å²) >= 11 is 0. The van der Waals surface area contributed by atoms with Crippen molar-refractivity contribution < 1.29 is 22.5 Å². The summed E-state index contributed by atoms with van der Waals surface area (Å²) in [6.07, 6.45) is 11.6. The highest BCUT2D eigenvalue weighted by molar-refractivity contribution is 5.38. The minimum absolute atomic E-state index is 0.0299. The summed E-state index contributed by atoms with van der Waals surface area (Å²) in [4.78, 5) is 0. The van der Waals surface area contributed by atoms with Gasteiger partial charge in [-0.25, -0.2) is 0 Å². The minimum Gasteiger partial charge on any atom is -0.393 e. The monoisotopic (exact) mass is 421 g/mol. The van der Waals surface area contributed by atoms with Gasteiger partial charge in [0.2, 0.25) is 0 Å². The van der Waals surface area contributed by atoms with Crippen LogP contribution in [0.5, 0.6) is 0 Å². The third kappa shape index (κ3) is 4.86. The van der Waals surface area contributed by atoms with E-state index in [0.29, 0.717) is 24.3 Å². The Balaban J connectivity index is 1.85. The van der Waals surface area contributed by atoms with E-state index in [4.69, 9.17) is 12.3 Å². The van der Waals surface area contributed by atoms with Crippen molar-refractivity contribution in [1.82, 2.24) is 0 Å². The maximum absolute atomic E-state index is 10.2. The molecule has 0 aromatic carbocycles. The zero-order valence-electron chi connectivity index (χ0n) is 27.4. The van der Waals surface area contributed by atoms with Crippen LogP contribution < -0.4 is 0 Å². The molecule has 3 aliphatic rings. The van der Waals surface area contributed by atoms with E-state index in [9.17, 15) is 10.2 Å². The van der Waals surface area contributed by atoms with Crippen LogP contribution in [0.1, 0.15) is 91.7 Å². The van der Waals surface area contributed by atoms with Crippen molar-refractivity contribution in [1.29, 1.82) is 0 Å². The molecule has 2 heteroatoms. The second kappa shape index (κ2) is 9.57. The lowest BCUT2D eigenvalue weighted by Gasteiger charge is -2.44. The molecule has 3 saturated carbocycles. The standard InChI is InChI=1S/C28H44O2/c1-18(2)19(3)9-10-20(4)25-13-14-26-22(8-7-15-28(25,26)6)11-12-23-16-24(29)17-27(30)21(23)5/h9-12,18-20,24-27,29-30H,5,7-8,13-17H2,1-4,6H3/b10-9+,22-11-,23-12+/t19-,20?,24-,25?,26-,27-,28+/m0/s1/i1D3,2D3,3D3. The summed E-state index contributed by atoms with van der Waals surface area (Å²) in [5.74, 6) is -3.06. The SMILES string of the molecule is [2H]C([2H])([2H])C([C@H](/C=C/C(C)C1CC[C@H]2/C(=C\C=C3/C[C@H](O)C[C@H](O)C3=C)CCC[C@]12C)C([2H])([2H])[2H])C([2H])([2H])[2H]. The van der Waals surface area contributed by atoms with Crippen LogP contribution in [0, 0.1) is 35.0 Å². The van der Waals surface area contributed by atoms with E-state index in [0.717, 1.165) is 37.7 Å². The van der Waals surface area contributed by atoms with E-state index < -0.39 is 44.6 Å². The van der Waals surface area contributed by atoms with Gasteiger partial charge in [0.15, 0.2) is 0 Å². The molecular formula is C28H44O2. The quantitative estimate of drug-likeness (QED) is 0.490. The number of hydrogen-bond acceptors (Lipinski definition) is 2. The van der Waals surface area contributed by atoms with Crippen molar-refractivity contribution in [3.63, 3.8) is 0 Å². The molecule has 3 aliphatic carbocycles. The van der Waals surface area contributed by atoms with E-state index in [1.807, 2.05) is 13.0 Å². The fourth-order valence-electron chi connectivity index (χ4n) is 6.15. The molecule has 0 aromatic rings. The van der Waals surface area contributed by atoms with Crippen LogP contribution in [0.15, 0.2) is 47.6 Å². The zero-order chi connectivity index (χ0) is 29.6. The predicted molar refractivity (Wildman–Crippen MR) is 127 cm³/mol. The first-order valence-corrected chi connectivity index (χ1v) is 11.4. The maximum Gasteiger partial charge on any atom is 0.0811 e. The van der Waals surface area contributed by atoms with Gasteiger partial charge in [0.25, 0.3) is 0 Å². The second-order valence-corrected chi connectivity index (χ2v) is 9.91. The molecule has 3 rings (SSSR count). The molecule has 3 fully saturated rings. The molecule has 168 valence electrons. The van der Waals surface area contributed by atoms with Crippen molar-refractivity contribution >= 4 is 0 Å². The third-order valence-electron chi connectivity index (χ3n) is 7.92. The molecule has 2 unspecified atom stereocenters. The molecule has 0 spiro atoms. The predicted octanol–water partition coefficient (Wildman–Crippen LogP) is 6.61. The van der Waals surface area contributed by atoms with Gasteiger partial charge in [-0.1, -0.05) is 70.9 Å². The van der Waals surface area contributed by atoms with Gasteiger partial charge in [-0.2, -0.15) is 0 Å². The van der Waals surface area contributed by atoms with Crippen LogP contribution in [0.25, 0.3) is 0 Å². The van der Waals surface area contributed by atoms with Crippen LogP contribution >= 0.6 is 0 Å². The van der Waals surface area contributed by atoms with Crippen molar-refractivity contribution in [2.75, 3.05) is 0 Å². The number of hydrogen-bond donors (Lipinski definition) is 2. The molecule has 0 bridgehead atoms. The third-order valence-corrected chi connectivity index (χ3v) is 7.92. The Kier molecular flexibility index (Phi) is 4.50. The number of fused-ring (bicyclic) bond motifs is 1. The lowest BCUT2D eigenvalue weighted by molar-refractivity contribution is 0.0862. The highest BCUT2D eigenvalue weighted by Gasteiger charge is 2.50. The van der Waals surface area contributed by atoms with E-state index in [-0.39, 0.29) is 17.3 Å². The molecule has 0 amide bonds. The summed E-state index contributed by atoms with van der Waals surface area (Å²) in [7, 11) is 0. The van der Waals surface area contributed by atoms with Gasteiger partial charge in [-0.3, -0.25) is 0 Å². The average molecular weight is 422 g/mol. The van der Waals surface area contributed by atoms with E-state index in [1.165, 1.54) is 11.6 Å². The van der Waals surface area contributed by atoms with E-state index in [2.05, 4.69) is 19.6 Å². The Bertz CT molecular complexity index is 974. The molecule has 0 aromatic heterocycles. The Morgan fingerprint density at radius 1 is 1.17 bits per heavy atom. The fourth-order valence-corrected chi connectivity index (χ4v) is 6.15. The van der Waals surface area contributed by atoms with Crippen molar-refractivity contribution in [2.45, 2.75) is 91.6 Å². The molecule has 0 saturated heterocycles. The topological polar surface area (TPSA) is 40.5 Å².